The van der Waals surface area contributed by atoms with Crippen molar-refractivity contribution in [2.75, 3.05) is 25.1 Å². The second kappa shape index (κ2) is 13.2. The number of likely N-dealkylation sites (tertiary alicyclic amines) is 1. The van der Waals surface area contributed by atoms with E-state index >= 15 is 8.78 Å². The maximum absolute atomic E-state index is 16.1. The van der Waals surface area contributed by atoms with Crippen LogP contribution in [0.3, 0.4) is 0 Å². The summed E-state index contributed by atoms with van der Waals surface area (Å²) in [6.45, 7) is -0.412. The van der Waals surface area contributed by atoms with Crippen LogP contribution in [-0.4, -0.2) is 60.9 Å². The highest BCUT2D eigenvalue weighted by molar-refractivity contribution is 7.93. The Balaban J connectivity index is 1.51. The third-order valence-electron chi connectivity index (χ3n) is 7.31. The summed E-state index contributed by atoms with van der Waals surface area (Å²) in [7, 11) is -2.04. The minimum atomic E-state index is -4.87. The maximum atomic E-state index is 16.1. The monoisotopic (exact) mass is 664 g/mol. The number of aromatic nitrogens is 2. The topological polar surface area (TPSA) is 131 Å². The molecule has 2 atom stereocenters. The summed E-state index contributed by atoms with van der Waals surface area (Å²) in [5.41, 5.74) is 1.07. The zero-order valence-electron chi connectivity index (χ0n) is 23.9. The predicted molar refractivity (Wildman–Crippen MR) is 157 cm³/mol. The van der Waals surface area contributed by atoms with E-state index in [0.717, 1.165) is 15.5 Å². The molecule has 45 heavy (non-hydrogen) atoms. The lowest BCUT2D eigenvalue weighted by molar-refractivity contribution is -0.00326. The Hall–Kier alpha value is -4.57. The summed E-state index contributed by atoms with van der Waals surface area (Å²) in [6.07, 6.45) is -1.16. The maximum Gasteiger partial charge on any atom is 0.410 e. The molecule has 11 nitrogen and oxygen atoms in total. The van der Waals surface area contributed by atoms with Gasteiger partial charge in [-0.15, -0.1) is 0 Å². The van der Waals surface area contributed by atoms with Crippen LogP contribution >= 0.6 is 11.5 Å². The zero-order valence-corrected chi connectivity index (χ0v) is 25.5. The van der Waals surface area contributed by atoms with Gasteiger partial charge < -0.3 is 19.3 Å². The fourth-order valence-corrected chi connectivity index (χ4v) is 7.27. The molecule has 1 amide bonds. The van der Waals surface area contributed by atoms with E-state index in [1.807, 2.05) is 0 Å². The van der Waals surface area contributed by atoms with Gasteiger partial charge in [0.05, 0.1) is 20.8 Å². The molecule has 0 radical (unpaired) electrons. The van der Waals surface area contributed by atoms with Crippen molar-refractivity contribution in [2.24, 2.45) is 0 Å². The number of methoxy groups -OCH3 is 2. The van der Waals surface area contributed by atoms with Crippen molar-refractivity contribution in [1.82, 2.24) is 14.3 Å². The molecule has 0 saturated carbocycles. The molecule has 4 aromatic rings. The Bertz CT molecular complexity index is 1780. The first kappa shape index (κ1) is 31.8. The fraction of sp³-hybridized carbons (Fsp3) is 0.276. The fourth-order valence-electron chi connectivity index (χ4n) is 5.04. The minimum absolute atomic E-state index is 0.0152. The van der Waals surface area contributed by atoms with E-state index in [2.05, 4.69) is 9.36 Å². The van der Waals surface area contributed by atoms with E-state index in [1.54, 1.807) is 24.3 Å². The van der Waals surface area contributed by atoms with Crippen LogP contribution < -0.4 is 18.5 Å². The van der Waals surface area contributed by atoms with E-state index in [0.29, 0.717) is 47.0 Å². The van der Waals surface area contributed by atoms with Gasteiger partial charge in [-0.1, -0.05) is 12.1 Å². The van der Waals surface area contributed by atoms with Crippen molar-refractivity contribution in [3.63, 3.8) is 0 Å². The third kappa shape index (κ3) is 6.76. The van der Waals surface area contributed by atoms with Crippen LogP contribution in [0.1, 0.15) is 29.9 Å². The van der Waals surface area contributed by atoms with E-state index in [4.69, 9.17) is 14.2 Å². The molecule has 1 unspecified atom stereocenters. The Labute approximate surface area is 260 Å². The third-order valence-corrected chi connectivity index (χ3v) is 9.85. The number of sulfonamides is 1. The molecule has 0 spiro atoms. The number of amides is 1. The first-order valence-electron chi connectivity index (χ1n) is 13.4. The number of carboxylic acid groups (broad SMARTS) is 1. The van der Waals surface area contributed by atoms with Crippen LogP contribution in [0.25, 0.3) is 0 Å². The molecule has 1 N–H and O–H groups in total. The van der Waals surface area contributed by atoms with Gasteiger partial charge in [-0.2, -0.15) is 4.37 Å². The largest absolute Gasteiger partial charge is 0.497 e. The normalized spacial score (nSPS) is 16.7. The summed E-state index contributed by atoms with van der Waals surface area (Å²) < 4.78 is 93.5. The van der Waals surface area contributed by atoms with Gasteiger partial charge in [-0.3, -0.25) is 4.90 Å². The molecule has 0 aliphatic carbocycles. The van der Waals surface area contributed by atoms with Gasteiger partial charge in [0.1, 0.15) is 34.4 Å². The number of rotatable bonds is 10. The molecule has 0 bridgehead atoms. The molecule has 1 aromatic heterocycles. The van der Waals surface area contributed by atoms with Crippen LogP contribution in [0.15, 0.2) is 65.8 Å². The first-order valence-corrected chi connectivity index (χ1v) is 15.6. The Morgan fingerprint density at radius 2 is 1.80 bits per heavy atom. The number of anilines is 1. The van der Waals surface area contributed by atoms with Gasteiger partial charge >= 0.3 is 6.09 Å². The van der Waals surface area contributed by atoms with Crippen LogP contribution in [0, 0.1) is 17.5 Å². The highest BCUT2D eigenvalue weighted by Gasteiger charge is 2.37. The minimum Gasteiger partial charge on any atom is -0.497 e. The summed E-state index contributed by atoms with van der Waals surface area (Å²) >= 11 is 0.715. The molecule has 1 aliphatic rings. The molecule has 1 fully saturated rings. The smallest absolute Gasteiger partial charge is 0.410 e. The average molecular weight is 665 g/mol. The summed E-state index contributed by atoms with van der Waals surface area (Å²) in [5, 5.41) is 9.64. The molecular formula is C29H27F3N4O7S2. The SMILES string of the molecule is COc1ccc(CN(c2ncns2)S(=O)(=O)c2cc(F)cc(OC3C[C@@H](c4ccc(F)cc4)CCN3C(=O)O)c2F)c(OC)c1. The van der Waals surface area contributed by atoms with Gasteiger partial charge in [-0.25, -0.2) is 35.7 Å². The van der Waals surface area contributed by atoms with Crippen molar-refractivity contribution in [3.8, 4) is 17.2 Å². The highest BCUT2D eigenvalue weighted by atomic mass is 32.2. The standard InChI is InChI=1S/C29H27F3N4O7S2/c1-41-22-8-5-19(23(14-22)42-2)15-36(28-33-16-34-44-28)45(39,40)25-13-21(31)12-24(27(25)32)43-26-11-18(9-10-35(26)29(37)38)17-3-6-20(30)7-4-17/h3-8,12-14,16,18,26H,9-11,15H2,1-2H3,(H,37,38)/t18-,26?/m0/s1. The Morgan fingerprint density at radius 1 is 1.04 bits per heavy atom. The van der Waals surface area contributed by atoms with Crippen molar-refractivity contribution in [3.05, 3.63) is 89.5 Å². The van der Waals surface area contributed by atoms with Crippen LogP contribution in [0.4, 0.5) is 23.1 Å². The molecule has 3 aromatic carbocycles. The number of hydrogen-bond donors (Lipinski definition) is 1. The number of benzene rings is 3. The predicted octanol–water partition coefficient (Wildman–Crippen LogP) is 5.63. The van der Waals surface area contributed by atoms with E-state index in [-0.39, 0.29) is 29.8 Å². The lowest BCUT2D eigenvalue weighted by Gasteiger charge is -2.37. The molecule has 2 heterocycles. The van der Waals surface area contributed by atoms with Gasteiger partial charge in [0.25, 0.3) is 10.0 Å². The number of halogens is 3. The molecular weight excluding hydrogens is 637 g/mol. The lowest BCUT2D eigenvalue weighted by Crippen LogP contribution is -2.48. The Morgan fingerprint density at radius 3 is 2.44 bits per heavy atom. The lowest BCUT2D eigenvalue weighted by atomic mass is 9.88. The van der Waals surface area contributed by atoms with E-state index < -0.39 is 57.0 Å². The van der Waals surface area contributed by atoms with Gasteiger partial charge in [0.15, 0.2) is 17.8 Å². The molecule has 16 heteroatoms. The first-order chi connectivity index (χ1) is 21.5. The van der Waals surface area contributed by atoms with Crippen LogP contribution in [-0.2, 0) is 16.6 Å². The average Bonchev–Trinajstić information content (AvgIpc) is 3.56. The van der Waals surface area contributed by atoms with Gasteiger partial charge in [0.2, 0.25) is 5.13 Å². The molecule has 1 saturated heterocycles. The van der Waals surface area contributed by atoms with Crippen molar-refractivity contribution in [1.29, 1.82) is 0 Å². The summed E-state index contributed by atoms with van der Waals surface area (Å²) in [5.74, 6) is -3.40. The summed E-state index contributed by atoms with van der Waals surface area (Å²) in [6, 6.07) is 11.5. The molecule has 1 aliphatic heterocycles. The Kier molecular flexibility index (Phi) is 9.34. The zero-order chi connectivity index (χ0) is 32.3. The quantitative estimate of drug-likeness (QED) is 0.229. The number of ether oxygens (including phenoxy) is 3. The number of carbonyl (C=O) groups is 1. The van der Waals surface area contributed by atoms with Crippen LogP contribution in [0.2, 0.25) is 0 Å². The highest BCUT2D eigenvalue weighted by Crippen LogP contribution is 2.37. The summed E-state index contributed by atoms with van der Waals surface area (Å²) in [4.78, 5) is 15.8. The van der Waals surface area contributed by atoms with E-state index in [9.17, 15) is 22.7 Å². The second-order valence-corrected chi connectivity index (χ2v) is 12.5. The number of nitrogens with zero attached hydrogens (tertiary/aromatic N) is 4. The van der Waals surface area contributed by atoms with Crippen molar-refractivity contribution >= 4 is 32.8 Å². The van der Waals surface area contributed by atoms with Gasteiger partial charge in [0, 0.05) is 42.2 Å². The number of hydrogen-bond acceptors (Lipinski definition) is 9. The molecule has 238 valence electrons. The van der Waals surface area contributed by atoms with Crippen LogP contribution in [0.5, 0.6) is 17.2 Å². The molecule has 5 rings (SSSR count). The van der Waals surface area contributed by atoms with Gasteiger partial charge in [-0.05, 0) is 48.2 Å². The van der Waals surface area contributed by atoms with Crippen molar-refractivity contribution in [2.45, 2.75) is 36.4 Å². The van der Waals surface area contributed by atoms with Crippen molar-refractivity contribution < 1.29 is 45.7 Å². The van der Waals surface area contributed by atoms with E-state index in [1.165, 1.54) is 32.4 Å². The number of piperidine rings is 1. The second-order valence-electron chi connectivity index (χ2n) is 9.95.